The van der Waals surface area contributed by atoms with Gasteiger partial charge in [-0.25, -0.2) is 13.8 Å². The van der Waals surface area contributed by atoms with Gasteiger partial charge in [-0.3, -0.25) is 14.5 Å². The molecule has 12 heteroatoms. The van der Waals surface area contributed by atoms with Gasteiger partial charge in [0, 0.05) is 81.8 Å². The van der Waals surface area contributed by atoms with Gasteiger partial charge in [0.15, 0.2) is 0 Å². The molecule has 1 amide bonds. The summed E-state index contributed by atoms with van der Waals surface area (Å²) in [6, 6.07) is 9.92. The largest absolute Gasteiger partial charge is 0.490 e. The summed E-state index contributed by atoms with van der Waals surface area (Å²) in [5.41, 5.74) is 5.72. The van der Waals surface area contributed by atoms with Crippen molar-refractivity contribution in [2.75, 3.05) is 26.4 Å². The molecule has 3 aliphatic rings. The van der Waals surface area contributed by atoms with Crippen molar-refractivity contribution < 1.29 is 27.8 Å². The van der Waals surface area contributed by atoms with Crippen LogP contribution in [0.3, 0.4) is 0 Å². The number of hydrogen-bond acceptors (Lipinski definition) is 8. The van der Waals surface area contributed by atoms with Crippen molar-refractivity contribution in [3.63, 3.8) is 0 Å². The van der Waals surface area contributed by atoms with Crippen molar-refractivity contribution in [1.82, 2.24) is 24.6 Å². The van der Waals surface area contributed by atoms with Crippen LogP contribution in [0.4, 0.5) is 8.78 Å². The Morgan fingerprint density at radius 1 is 1.00 bits per heavy atom. The number of carbonyl (C=O) groups excluding carboxylic acids is 1. The molecule has 4 aromatic heterocycles. The number of benzene rings is 2. The zero-order valence-electron chi connectivity index (χ0n) is 28.3. The summed E-state index contributed by atoms with van der Waals surface area (Å²) in [5, 5.41) is 8.07. The third-order valence-electron chi connectivity index (χ3n) is 10.2. The van der Waals surface area contributed by atoms with Crippen LogP contribution in [0.1, 0.15) is 30.1 Å². The van der Waals surface area contributed by atoms with Crippen LogP contribution in [-0.2, 0) is 23.0 Å². The molecule has 2 aromatic carbocycles. The van der Waals surface area contributed by atoms with E-state index in [1.807, 2.05) is 53.7 Å². The number of carbonyl (C=O) groups is 1. The Balaban J connectivity index is 1.35. The van der Waals surface area contributed by atoms with E-state index in [0.29, 0.717) is 41.3 Å². The van der Waals surface area contributed by atoms with Gasteiger partial charge in [0.25, 0.3) is 0 Å². The summed E-state index contributed by atoms with van der Waals surface area (Å²) in [4.78, 5) is 25.3. The van der Waals surface area contributed by atoms with E-state index in [1.54, 1.807) is 17.1 Å². The van der Waals surface area contributed by atoms with Gasteiger partial charge >= 0.3 is 0 Å². The van der Waals surface area contributed by atoms with Crippen LogP contribution in [0.15, 0.2) is 79.0 Å². The molecule has 1 saturated heterocycles. The Hall–Kier alpha value is -5.46. The van der Waals surface area contributed by atoms with Crippen LogP contribution in [0.5, 0.6) is 11.5 Å². The standard InChI is InChI=1S/C40H33F2N5O4S/c1-3-35(48)47-25-6-7-31(47)27-15-23(20-43-30(27)18-25)38-37-36-29(42)16-24(41)17-34(36)51-12-11-49-9-4-5-10-50-33-19-32-22(21-44-46(32)2)14-28(33)39(45-38)26-8-13-52-40(26)37/h3-5,8,13-17,19-21,25,31H,1,6-7,9-12,18H2,2H3/b5-4+/t25-,31+/m0/s1. The monoisotopic (exact) mass is 717 g/mol. The summed E-state index contributed by atoms with van der Waals surface area (Å²) >= 11 is 1.43. The second-order valence-electron chi connectivity index (χ2n) is 13.1. The molecule has 9 nitrogen and oxygen atoms in total. The normalized spacial score (nSPS) is 19.0. The summed E-state index contributed by atoms with van der Waals surface area (Å²) in [5.74, 6) is -1.01. The first-order valence-corrected chi connectivity index (χ1v) is 18.1. The topological polar surface area (TPSA) is 91.6 Å². The van der Waals surface area contributed by atoms with E-state index >= 15 is 4.39 Å². The Morgan fingerprint density at radius 3 is 2.77 bits per heavy atom. The van der Waals surface area contributed by atoms with E-state index in [4.69, 9.17) is 24.2 Å². The number of ether oxygens (including phenoxy) is 3. The fourth-order valence-electron chi connectivity index (χ4n) is 7.85. The Kier molecular flexibility index (Phi) is 8.08. The van der Waals surface area contributed by atoms with Crippen molar-refractivity contribution >= 4 is 38.2 Å². The van der Waals surface area contributed by atoms with Crippen LogP contribution >= 0.6 is 11.3 Å². The number of hydrogen-bond donors (Lipinski definition) is 0. The lowest BCUT2D eigenvalue weighted by atomic mass is 9.92. The van der Waals surface area contributed by atoms with Gasteiger partial charge in [-0.1, -0.05) is 12.7 Å². The molecule has 9 rings (SSSR count). The predicted molar refractivity (Wildman–Crippen MR) is 195 cm³/mol. The third kappa shape index (κ3) is 5.36. The molecule has 0 radical (unpaired) electrons. The molecule has 0 aliphatic carbocycles. The second-order valence-corrected chi connectivity index (χ2v) is 14.1. The maximum atomic E-state index is 16.4. The van der Waals surface area contributed by atoms with Crippen molar-refractivity contribution in [2.24, 2.45) is 7.05 Å². The Bertz CT molecular complexity index is 2460. The lowest BCUT2D eigenvalue weighted by Crippen LogP contribution is -2.41. The lowest BCUT2D eigenvalue weighted by Gasteiger charge is -2.35. The summed E-state index contributed by atoms with van der Waals surface area (Å²) < 4.78 is 52.0. The summed E-state index contributed by atoms with van der Waals surface area (Å²) in [6.45, 7) is 4.59. The Morgan fingerprint density at radius 2 is 1.88 bits per heavy atom. The van der Waals surface area contributed by atoms with Gasteiger partial charge < -0.3 is 19.1 Å². The van der Waals surface area contributed by atoms with E-state index < -0.39 is 11.6 Å². The average molecular weight is 718 g/mol. The van der Waals surface area contributed by atoms with Crippen LogP contribution < -0.4 is 9.47 Å². The minimum Gasteiger partial charge on any atom is -0.490 e. The molecule has 3 aliphatic heterocycles. The molecule has 0 spiro atoms. The molecular formula is C40H33F2N5O4S. The molecule has 4 bridgehead atoms. The predicted octanol–water partition coefficient (Wildman–Crippen LogP) is 7.98. The SMILES string of the molecule is C=CC(=O)N1[C@H]2CC[C@@H]1c1cc(-c3nc4c5ccsc5c3-c3c(F)cc(F)cc3OCCOC/C=C/COc3cc5c(cnn5C)cc3-4)cnc1C2. The van der Waals surface area contributed by atoms with E-state index in [0.717, 1.165) is 56.7 Å². The lowest BCUT2D eigenvalue weighted by molar-refractivity contribution is -0.129. The fourth-order valence-corrected chi connectivity index (χ4v) is 8.80. The number of halogens is 2. The molecule has 0 N–H and O–H groups in total. The summed E-state index contributed by atoms with van der Waals surface area (Å²) in [6.07, 6.45) is 11.0. The molecule has 262 valence electrons. The molecule has 7 heterocycles. The smallest absolute Gasteiger partial charge is 0.246 e. The highest BCUT2D eigenvalue weighted by Gasteiger charge is 2.42. The molecule has 0 saturated carbocycles. The fraction of sp³-hybridized carbons (Fsp3) is 0.250. The number of pyridine rings is 2. The van der Waals surface area contributed by atoms with E-state index in [1.165, 1.54) is 23.5 Å². The highest BCUT2D eigenvalue weighted by Crippen LogP contribution is 2.50. The van der Waals surface area contributed by atoms with E-state index in [2.05, 4.69) is 11.7 Å². The van der Waals surface area contributed by atoms with Crippen LogP contribution in [0.25, 0.3) is 54.6 Å². The van der Waals surface area contributed by atoms with Gasteiger partial charge in [-0.05, 0) is 54.1 Å². The van der Waals surface area contributed by atoms with Gasteiger partial charge in [-0.2, -0.15) is 5.10 Å². The van der Waals surface area contributed by atoms with Gasteiger partial charge in [0.2, 0.25) is 5.91 Å². The quantitative estimate of drug-likeness (QED) is 0.133. The number of aromatic nitrogens is 4. The first-order valence-electron chi connectivity index (χ1n) is 17.2. The molecule has 1 fully saturated rings. The first kappa shape index (κ1) is 32.4. The molecule has 6 aromatic rings. The highest BCUT2D eigenvalue weighted by molar-refractivity contribution is 7.18. The van der Waals surface area contributed by atoms with Crippen molar-refractivity contribution in [1.29, 1.82) is 0 Å². The summed E-state index contributed by atoms with van der Waals surface area (Å²) in [7, 11) is 1.88. The van der Waals surface area contributed by atoms with E-state index in [9.17, 15) is 9.18 Å². The number of thiophene rings is 1. The second kappa shape index (κ2) is 12.9. The van der Waals surface area contributed by atoms with Crippen molar-refractivity contribution in [3.05, 3.63) is 102 Å². The third-order valence-corrected chi connectivity index (χ3v) is 11.1. The molecular weight excluding hydrogens is 685 g/mol. The van der Waals surface area contributed by atoms with Crippen LogP contribution in [0.2, 0.25) is 0 Å². The van der Waals surface area contributed by atoms with Crippen molar-refractivity contribution in [2.45, 2.75) is 31.3 Å². The van der Waals surface area contributed by atoms with Crippen LogP contribution in [0, 0.1) is 11.6 Å². The molecule has 0 unspecified atom stereocenters. The maximum absolute atomic E-state index is 16.4. The minimum absolute atomic E-state index is 0.0413. The molecule has 52 heavy (non-hydrogen) atoms. The zero-order chi connectivity index (χ0) is 35.5. The van der Waals surface area contributed by atoms with Gasteiger partial charge in [0.1, 0.15) is 36.3 Å². The number of nitrogens with zero attached hydrogens (tertiary/aromatic N) is 5. The molecule has 2 atom stereocenters. The maximum Gasteiger partial charge on any atom is 0.246 e. The average Bonchev–Trinajstić information content (AvgIpc) is 3.86. The minimum atomic E-state index is -0.782. The van der Waals surface area contributed by atoms with E-state index in [-0.39, 0.29) is 49.1 Å². The highest BCUT2D eigenvalue weighted by atomic mass is 32.1. The van der Waals surface area contributed by atoms with Crippen molar-refractivity contribution in [3.8, 4) is 45.1 Å². The Labute approximate surface area is 301 Å². The van der Waals surface area contributed by atoms with Crippen LogP contribution in [-0.4, -0.2) is 63.0 Å². The van der Waals surface area contributed by atoms with Gasteiger partial charge in [-0.15, -0.1) is 11.3 Å². The number of aryl methyl sites for hydroxylation is 1. The zero-order valence-corrected chi connectivity index (χ0v) is 29.1. The first-order chi connectivity index (χ1) is 25.4. The number of amides is 1. The number of rotatable bonds is 2. The number of fused-ring (bicyclic) bond motifs is 9. The van der Waals surface area contributed by atoms with Gasteiger partial charge in [0.05, 0.1) is 47.9 Å².